The van der Waals surface area contributed by atoms with Gasteiger partial charge in [-0.05, 0) is 31.1 Å². The van der Waals surface area contributed by atoms with Crippen molar-refractivity contribution in [2.75, 3.05) is 13.7 Å². The molecule has 0 fully saturated rings. The summed E-state index contributed by atoms with van der Waals surface area (Å²) in [4.78, 5) is 0. The second kappa shape index (κ2) is 6.80. The van der Waals surface area contributed by atoms with Crippen LogP contribution in [0.25, 0.3) is 0 Å². The Morgan fingerprint density at radius 2 is 1.94 bits per heavy atom. The maximum Gasteiger partial charge on any atom is 0.334 e. The van der Waals surface area contributed by atoms with Gasteiger partial charge in [-0.15, -0.1) is 0 Å². The van der Waals surface area contributed by atoms with Gasteiger partial charge in [0.25, 0.3) is 0 Å². The van der Waals surface area contributed by atoms with Crippen molar-refractivity contribution in [1.29, 1.82) is 0 Å². The van der Waals surface area contributed by atoms with Crippen LogP contribution in [0, 0.1) is 0 Å². The molecule has 0 aliphatic rings. The minimum Gasteiger partial charge on any atom is -0.398 e. The number of hydrogen-bond acceptors (Lipinski definition) is 3. The summed E-state index contributed by atoms with van der Waals surface area (Å²) in [5.74, 6) is 0. The van der Waals surface area contributed by atoms with E-state index < -0.39 is 8.56 Å². The molecule has 4 heteroatoms. The van der Waals surface area contributed by atoms with Crippen molar-refractivity contribution in [3.05, 3.63) is 35.9 Å². The van der Waals surface area contributed by atoms with Gasteiger partial charge in [0.05, 0.1) is 6.61 Å². The molecule has 1 aromatic carbocycles. The van der Waals surface area contributed by atoms with Crippen LogP contribution in [0.2, 0.25) is 12.6 Å². The molecule has 0 aliphatic carbocycles. The summed E-state index contributed by atoms with van der Waals surface area (Å²) in [6.45, 7) is 3.41. The van der Waals surface area contributed by atoms with E-state index in [0.717, 1.165) is 12.5 Å². The maximum atomic E-state index is 5.93. The first-order valence-electron chi connectivity index (χ1n) is 5.63. The summed E-state index contributed by atoms with van der Waals surface area (Å²) >= 11 is 0. The van der Waals surface area contributed by atoms with Crippen LogP contribution in [0.3, 0.4) is 0 Å². The monoisotopic (exact) mass is 239 g/mol. The van der Waals surface area contributed by atoms with E-state index in [1.807, 2.05) is 18.2 Å². The molecule has 0 saturated carbocycles. The lowest BCUT2D eigenvalue weighted by atomic mass is 10.2. The molecule has 1 aromatic rings. The summed E-state index contributed by atoms with van der Waals surface area (Å²) in [7, 11) is -0.277. The third-order valence-corrected chi connectivity index (χ3v) is 5.53. The molecule has 1 rings (SSSR count). The Bertz CT molecular complexity index is 294. The lowest BCUT2D eigenvalue weighted by molar-refractivity contribution is 0.194. The molecule has 0 amide bonds. The third kappa shape index (κ3) is 4.45. The largest absolute Gasteiger partial charge is 0.398 e. The van der Waals surface area contributed by atoms with Gasteiger partial charge in [-0.25, -0.2) is 0 Å². The molecular formula is C12H21NO2Si. The SMILES string of the molecule is CO[Si](C)(CCCN)OCc1ccccc1. The summed E-state index contributed by atoms with van der Waals surface area (Å²) in [5.41, 5.74) is 6.69. The number of nitrogens with two attached hydrogens (primary N) is 1. The fourth-order valence-corrected chi connectivity index (χ4v) is 3.25. The molecule has 90 valence electrons. The molecular weight excluding hydrogens is 218 g/mol. The average molecular weight is 239 g/mol. The van der Waals surface area contributed by atoms with Crippen molar-refractivity contribution in [3.8, 4) is 0 Å². The van der Waals surface area contributed by atoms with Gasteiger partial charge >= 0.3 is 8.56 Å². The van der Waals surface area contributed by atoms with E-state index >= 15 is 0 Å². The van der Waals surface area contributed by atoms with E-state index in [4.69, 9.17) is 14.6 Å². The Morgan fingerprint density at radius 1 is 1.25 bits per heavy atom. The van der Waals surface area contributed by atoms with E-state index in [1.165, 1.54) is 5.56 Å². The molecule has 0 spiro atoms. The highest BCUT2D eigenvalue weighted by Gasteiger charge is 2.29. The highest BCUT2D eigenvalue weighted by Crippen LogP contribution is 2.16. The minimum absolute atomic E-state index is 0.627. The van der Waals surface area contributed by atoms with Crippen molar-refractivity contribution < 1.29 is 8.85 Å². The van der Waals surface area contributed by atoms with E-state index in [-0.39, 0.29) is 0 Å². The Labute approximate surface area is 98.8 Å². The summed E-state index contributed by atoms with van der Waals surface area (Å²) in [6, 6.07) is 11.1. The Balaban J connectivity index is 2.44. The molecule has 16 heavy (non-hydrogen) atoms. The minimum atomic E-state index is -2.01. The zero-order valence-corrected chi connectivity index (χ0v) is 11.1. The zero-order valence-electron chi connectivity index (χ0n) is 10.1. The summed E-state index contributed by atoms with van der Waals surface area (Å²) in [6.07, 6.45) is 0.964. The molecule has 3 nitrogen and oxygen atoms in total. The Hall–Kier alpha value is -0.683. The number of rotatable bonds is 7. The van der Waals surface area contributed by atoms with Crippen LogP contribution in [0.5, 0.6) is 0 Å². The van der Waals surface area contributed by atoms with E-state index in [9.17, 15) is 0 Å². The van der Waals surface area contributed by atoms with Crippen molar-refractivity contribution in [3.63, 3.8) is 0 Å². The first-order chi connectivity index (χ1) is 7.70. The van der Waals surface area contributed by atoms with Gasteiger partial charge in [0.1, 0.15) is 0 Å². The average Bonchev–Trinajstić information content (AvgIpc) is 2.35. The van der Waals surface area contributed by atoms with E-state index in [0.29, 0.717) is 13.2 Å². The zero-order chi connectivity index (χ0) is 11.9. The van der Waals surface area contributed by atoms with Gasteiger partial charge < -0.3 is 14.6 Å². The van der Waals surface area contributed by atoms with Crippen molar-refractivity contribution in [1.82, 2.24) is 0 Å². The molecule has 2 N–H and O–H groups in total. The molecule has 0 aliphatic heterocycles. The predicted octanol–water partition coefficient (Wildman–Crippen LogP) is 2.27. The van der Waals surface area contributed by atoms with Gasteiger partial charge in [-0.3, -0.25) is 0 Å². The van der Waals surface area contributed by atoms with Crippen molar-refractivity contribution in [2.24, 2.45) is 5.73 Å². The molecule has 1 atom stereocenters. The van der Waals surface area contributed by atoms with Gasteiger partial charge in [-0.2, -0.15) is 0 Å². The highest BCUT2D eigenvalue weighted by molar-refractivity contribution is 6.65. The Morgan fingerprint density at radius 3 is 2.50 bits per heavy atom. The van der Waals surface area contributed by atoms with E-state index in [2.05, 4.69) is 18.7 Å². The van der Waals surface area contributed by atoms with Crippen LogP contribution in [0.15, 0.2) is 30.3 Å². The highest BCUT2D eigenvalue weighted by atomic mass is 28.4. The van der Waals surface area contributed by atoms with Crippen molar-refractivity contribution in [2.45, 2.75) is 25.6 Å². The molecule has 0 heterocycles. The fourth-order valence-electron chi connectivity index (χ4n) is 1.47. The normalized spacial score (nSPS) is 14.7. The molecule has 0 aromatic heterocycles. The van der Waals surface area contributed by atoms with Gasteiger partial charge in [0, 0.05) is 7.11 Å². The van der Waals surface area contributed by atoms with Gasteiger partial charge in [0.2, 0.25) is 0 Å². The molecule has 1 unspecified atom stereocenters. The number of benzene rings is 1. The first kappa shape index (κ1) is 13.4. The first-order valence-corrected chi connectivity index (χ1v) is 8.15. The lowest BCUT2D eigenvalue weighted by Crippen LogP contribution is -2.37. The lowest BCUT2D eigenvalue weighted by Gasteiger charge is -2.25. The molecule has 0 saturated heterocycles. The van der Waals surface area contributed by atoms with Crippen LogP contribution in [-0.4, -0.2) is 22.2 Å². The van der Waals surface area contributed by atoms with Crippen molar-refractivity contribution >= 4 is 8.56 Å². The summed E-state index contributed by atoms with van der Waals surface area (Å²) < 4.78 is 11.5. The smallest absolute Gasteiger partial charge is 0.334 e. The second-order valence-corrected chi connectivity index (χ2v) is 7.47. The van der Waals surface area contributed by atoms with Crippen LogP contribution < -0.4 is 5.73 Å². The molecule has 0 radical (unpaired) electrons. The third-order valence-electron chi connectivity index (χ3n) is 2.65. The quantitative estimate of drug-likeness (QED) is 0.742. The van der Waals surface area contributed by atoms with Crippen LogP contribution in [0.1, 0.15) is 12.0 Å². The van der Waals surface area contributed by atoms with E-state index in [1.54, 1.807) is 7.11 Å². The maximum absolute atomic E-state index is 5.93. The van der Waals surface area contributed by atoms with Crippen LogP contribution in [0.4, 0.5) is 0 Å². The summed E-state index contributed by atoms with van der Waals surface area (Å²) in [5, 5.41) is 0. The second-order valence-electron chi connectivity index (χ2n) is 4.00. The predicted molar refractivity (Wildman–Crippen MR) is 68.3 cm³/mol. The molecule has 0 bridgehead atoms. The Kier molecular flexibility index (Phi) is 5.69. The standard InChI is InChI=1S/C12H21NO2Si/c1-14-16(2,10-6-9-13)15-11-12-7-4-3-5-8-12/h3-5,7-8H,6,9-11,13H2,1-2H3. The van der Waals surface area contributed by atoms with Gasteiger partial charge in [0.15, 0.2) is 0 Å². The number of hydrogen-bond donors (Lipinski definition) is 1. The van der Waals surface area contributed by atoms with Crippen LogP contribution >= 0.6 is 0 Å². The topological polar surface area (TPSA) is 44.5 Å². The van der Waals surface area contributed by atoms with Gasteiger partial charge in [-0.1, -0.05) is 30.3 Å². The van der Waals surface area contributed by atoms with Crippen LogP contribution in [-0.2, 0) is 15.5 Å². The fraction of sp³-hybridized carbons (Fsp3) is 0.500.